The molecule has 0 saturated carbocycles. The molecule has 5 heteroatoms. The number of hydrogen-bond donors (Lipinski definition) is 0. The van der Waals surface area contributed by atoms with Crippen LogP contribution in [0.1, 0.15) is 22.3 Å². The first-order valence-electron chi connectivity index (χ1n) is 9.51. The third kappa shape index (κ3) is 5.23. The molecule has 0 spiro atoms. The molecule has 2 aromatic rings. The maximum atomic E-state index is 13.2. The topological polar surface area (TPSA) is 42.0 Å². The summed E-state index contributed by atoms with van der Waals surface area (Å²) in [5, 5.41) is 0. The van der Waals surface area contributed by atoms with Crippen LogP contribution >= 0.6 is 0 Å². The molecular formula is C22H28N2O3. The summed E-state index contributed by atoms with van der Waals surface area (Å²) in [6.07, 6.45) is 1.88. The highest BCUT2D eigenvalue weighted by Gasteiger charge is 2.24. The van der Waals surface area contributed by atoms with Crippen molar-refractivity contribution in [3.63, 3.8) is 0 Å². The van der Waals surface area contributed by atoms with Crippen LogP contribution in [0.4, 0.5) is 0 Å². The average molecular weight is 368 g/mol. The van der Waals surface area contributed by atoms with Gasteiger partial charge in [-0.15, -0.1) is 0 Å². The summed E-state index contributed by atoms with van der Waals surface area (Å²) in [5.41, 5.74) is 1.89. The second kappa shape index (κ2) is 9.42. The molecule has 1 amide bonds. The van der Waals surface area contributed by atoms with Gasteiger partial charge < -0.3 is 19.3 Å². The smallest absolute Gasteiger partial charge is 0.257 e. The third-order valence-corrected chi connectivity index (χ3v) is 4.64. The van der Waals surface area contributed by atoms with E-state index in [2.05, 4.69) is 29.2 Å². The standard InChI is InChI=1S/C22H28N2O3/c1-23(2)14-15-24(13-7-10-18-8-4-3-5-9-18)22(25)19-11-6-12-20-21(19)27-17-16-26-20/h3-6,8-9,11-12H,7,10,13-17H2,1-2H3. The van der Waals surface area contributed by atoms with E-state index >= 15 is 0 Å². The van der Waals surface area contributed by atoms with Crippen LogP contribution in [-0.2, 0) is 6.42 Å². The summed E-state index contributed by atoms with van der Waals surface area (Å²) in [7, 11) is 4.04. The minimum Gasteiger partial charge on any atom is -0.486 e. The van der Waals surface area contributed by atoms with Crippen molar-refractivity contribution in [2.45, 2.75) is 12.8 Å². The van der Waals surface area contributed by atoms with E-state index < -0.39 is 0 Å². The first-order chi connectivity index (χ1) is 13.1. The minimum absolute atomic E-state index is 0.00672. The number of nitrogens with zero attached hydrogens (tertiary/aromatic N) is 2. The third-order valence-electron chi connectivity index (χ3n) is 4.64. The van der Waals surface area contributed by atoms with E-state index in [0.717, 1.165) is 19.4 Å². The molecular weight excluding hydrogens is 340 g/mol. The molecule has 0 aromatic heterocycles. The summed E-state index contributed by atoms with van der Waals surface area (Å²) in [5.74, 6) is 1.24. The SMILES string of the molecule is CN(C)CCN(CCCc1ccccc1)C(=O)c1cccc2c1OCCO2. The molecule has 1 heterocycles. The number of rotatable bonds is 8. The van der Waals surface area contributed by atoms with Gasteiger partial charge in [-0.2, -0.15) is 0 Å². The lowest BCUT2D eigenvalue weighted by Crippen LogP contribution is -2.38. The normalized spacial score (nSPS) is 12.9. The maximum Gasteiger partial charge on any atom is 0.257 e. The first kappa shape index (κ1) is 19.2. The van der Waals surface area contributed by atoms with Crippen molar-refractivity contribution in [2.24, 2.45) is 0 Å². The van der Waals surface area contributed by atoms with E-state index in [9.17, 15) is 4.79 Å². The molecule has 5 nitrogen and oxygen atoms in total. The van der Waals surface area contributed by atoms with Crippen LogP contribution < -0.4 is 9.47 Å². The molecule has 144 valence electrons. The van der Waals surface area contributed by atoms with Gasteiger partial charge in [0, 0.05) is 19.6 Å². The van der Waals surface area contributed by atoms with Gasteiger partial charge in [0.1, 0.15) is 13.2 Å². The van der Waals surface area contributed by atoms with Gasteiger partial charge in [0.05, 0.1) is 5.56 Å². The minimum atomic E-state index is 0.00672. The van der Waals surface area contributed by atoms with Crippen molar-refractivity contribution in [1.82, 2.24) is 9.80 Å². The monoisotopic (exact) mass is 368 g/mol. The largest absolute Gasteiger partial charge is 0.486 e. The summed E-state index contributed by atoms with van der Waals surface area (Å²) in [4.78, 5) is 17.3. The Labute approximate surface area is 161 Å². The van der Waals surface area contributed by atoms with E-state index in [1.807, 2.05) is 43.3 Å². The molecule has 0 N–H and O–H groups in total. The van der Waals surface area contributed by atoms with Gasteiger partial charge >= 0.3 is 0 Å². The average Bonchev–Trinajstić information content (AvgIpc) is 2.70. The number of likely N-dealkylation sites (N-methyl/N-ethyl adjacent to an activating group) is 1. The number of carbonyl (C=O) groups is 1. The molecule has 2 aromatic carbocycles. The van der Waals surface area contributed by atoms with Crippen molar-refractivity contribution in [3.8, 4) is 11.5 Å². The molecule has 1 aliphatic rings. The van der Waals surface area contributed by atoms with Crippen molar-refractivity contribution in [2.75, 3.05) is 46.9 Å². The Bertz CT molecular complexity index is 746. The van der Waals surface area contributed by atoms with Crippen LogP contribution in [0.15, 0.2) is 48.5 Å². The van der Waals surface area contributed by atoms with Crippen LogP contribution in [0, 0.1) is 0 Å². The van der Waals surface area contributed by atoms with Gasteiger partial charge in [-0.25, -0.2) is 0 Å². The molecule has 0 radical (unpaired) electrons. The molecule has 3 rings (SSSR count). The lowest BCUT2D eigenvalue weighted by atomic mass is 10.1. The van der Waals surface area contributed by atoms with Crippen LogP contribution in [0.5, 0.6) is 11.5 Å². The van der Waals surface area contributed by atoms with Gasteiger partial charge in [0.2, 0.25) is 0 Å². The lowest BCUT2D eigenvalue weighted by molar-refractivity contribution is 0.0732. The van der Waals surface area contributed by atoms with Gasteiger partial charge in [-0.05, 0) is 44.6 Å². The first-order valence-corrected chi connectivity index (χ1v) is 9.51. The van der Waals surface area contributed by atoms with Crippen molar-refractivity contribution in [1.29, 1.82) is 0 Å². The fourth-order valence-electron chi connectivity index (χ4n) is 3.17. The molecule has 0 aliphatic carbocycles. The van der Waals surface area contributed by atoms with Gasteiger partial charge in [0.25, 0.3) is 5.91 Å². The van der Waals surface area contributed by atoms with Crippen LogP contribution in [0.25, 0.3) is 0 Å². The molecule has 1 aliphatic heterocycles. The molecule has 0 atom stereocenters. The van der Waals surface area contributed by atoms with Crippen LogP contribution in [-0.4, -0.2) is 62.7 Å². The highest BCUT2D eigenvalue weighted by atomic mass is 16.6. The van der Waals surface area contributed by atoms with E-state index in [0.29, 0.717) is 43.4 Å². The quantitative estimate of drug-likeness (QED) is 0.718. The molecule has 0 fully saturated rings. The van der Waals surface area contributed by atoms with Crippen molar-refractivity contribution < 1.29 is 14.3 Å². The van der Waals surface area contributed by atoms with E-state index in [-0.39, 0.29) is 5.91 Å². The summed E-state index contributed by atoms with van der Waals surface area (Å²) in [6, 6.07) is 15.9. The molecule has 0 saturated heterocycles. The Kier molecular flexibility index (Phi) is 6.71. The van der Waals surface area contributed by atoms with E-state index in [1.165, 1.54) is 5.56 Å². The van der Waals surface area contributed by atoms with Gasteiger partial charge in [0.15, 0.2) is 11.5 Å². The predicted molar refractivity (Wildman–Crippen MR) is 107 cm³/mol. The number of carbonyl (C=O) groups excluding carboxylic acids is 1. The Morgan fingerprint density at radius 1 is 0.926 bits per heavy atom. The second-order valence-corrected chi connectivity index (χ2v) is 7.01. The summed E-state index contributed by atoms with van der Waals surface area (Å²) in [6.45, 7) is 3.22. The number of ether oxygens (including phenoxy) is 2. The van der Waals surface area contributed by atoms with E-state index in [4.69, 9.17) is 9.47 Å². The fraction of sp³-hybridized carbons (Fsp3) is 0.409. The Morgan fingerprint density at radius 2 is 1.70 bits per heavy atom. The highest BCUT2D eigenvalue weighted by molar-refractivity contribution is 5.97. The molecule has 0 bridgehead atoms. The number of para-hydroxylation sites is 1. The molecule has 0 unspecified atom stereocenters. The zero-order valence-electron chi connectivity index (χ0n) is 16.2. The number of aryl methyl sites for hydroxylation is 1. The lowest BCUT2D eigenvalue weighted by Gasteiger charge is -2.27. The number of amides is 1. The predicted octanol–water partition coefficient (Wildman–Crippen LogP) is 3.09. The molecule has 27 heavy (non-hydrogen) atoms. The Hall–Kier alpha value is -2.53. The number of benzene rings is 2. The van der Waals surface area contributed by atoms with Crippen LogP contribution in [0.3, 0.4) is 0 Å². The Morgan fingerprint density at radius 3 is 2.48 bits per heavy atom. The fourth-order valence-corrected chi connectivity index (χ4v) is 3.17. The van der Waals surface area contributed by atoms with Crippen molar-refractivity contribution >= 4 is 5.91 Å². The number of hydrogen-bond acceptors (Lipinski definition) is 4. The second-order valence-electron chi connectivity index (χ2n) is 7.01. The highest BCUT2D eigenvalue weighted by Crippen LogP contribution is 2.34. The van der Waals surface area contributed by atoms with Crippen molar-refractivity contribution in [3.05, 3.63) is 59.7 Å². The van der Waals surface area contributed by atoms with Gasteiger partial charge in [-0.3, -0.25) is 4.79 Å². The number of fused-ring (bicyclic) bond motifs is 1. The maximum absolute atomic E-state index is 13.2. The van der Waals surface area contributed by atoms with Crippen LogP contribution in [0.2, 0.25) is 0 Å². The Balaban J connectivity index is 1.71. The summed E-state index contributed by atoms with van der Waals surface area (Å²) < 4.78 is 11.4. The zero-order valence-corrected chi connectivity index (χ0v) is 16.2. The summed E-state index contributed by atoms with van der Waals surface area (Å²) >= 11 is 0. The van der Waals surface area contributed by atoms with Gasteiger partial charge in [-0.1, -0.05) is 36.4 Å². The zero-order chi connectivity index (χ0) is 19.1. The van der Waals surface area contributed by atoms with E-state index in [1.54, 1.807) is 0 Å².